The summed E-state index contributed by atoms with van der Waals surface area (Å²) in [6.45, 7) is 2.30. The van der Waals surface area contributed by atoms with E-state index in [1.165, 1.54) is 21.3 Å². The Labute approximate surface area is 107 Å². The van der Waals surface area contributed by atoms with Gasteiger partial charge in [-0.3, -0.25) is 0 Å². The fourth-order valence-electron chi connectivity index (χ4n) is 1.53. The van der Waals surface area contributed by atoms with Gasteiger partial charge < -0.3 is 18.9 Å². The second-order valence-corrected chi connectivity index (χ2v) is 3.52. The van der Waals surface area contributed by atoms with Crippen molar-refractivity contribution in [2.75, 3.05) is 27.9 Å². The number of esters is 1. The molecule has 0 N–H and O–H groups in total. The van der Waals surface area contributed by atoms with Gasteiger partial charge in [-0.25, -0.2) is 4.79 Å². The molecule has 0 aliphatic rings. The van der Waals surface area contributed by atoms with E-state index in [0.29, 0.717) is 29.4 Å². The highest BCUT2D eigenvalue weighted by Gasteiger charge is 2.21. The molecule has 5 heteroatoms. The maximum Gasteiger partial charge on any atom is 0.342 e. The van der Waals surface area contributed by atoms with Crippen LogP contribution in [0.4, 0.5) is 0 Å². The van der Waals surface area contributed by atoms with E-state index in [-0.39, 0.29) is 0 Å². The zero-order chi connectivity index (χ0) is 13.5. The summed E-state index contributed by atoms with van der Waals surface area (Å²) in [7, 11) is 4.47. The van der Waals surface area contributed by atoms with E-state index < -0.39 is 5.97 Å². The van der Waals surface area contributed by atoms with Crippen molar-refractivity contribution in [1.82, 2.24) is 0 Å². The quantitative estimate of drug-likeness (QED) is 0.729. The lowest BCUT2D eigenvalue weighted by atomic mass is 10.1. The molecule has 0 atom stereocenters. The Morgan fingerprint density at radius 3 is 2.22 bits per heavy atom. The first-order valence-electron chi connectivity index (χ1n) is 5.65. The van der Waals surface area contributed by atoms with Gasteiger partial charge in [0.15, 0.2) is 11.5 Å². The summed E-state index contributed by atoms with van der Waals surface area (Å²) in [5.74, 6) is 0.764. The van der Waals surface area contributed by atoms with Crippen LogP contribution in [0.25, 0.3) is 0 Å². The number of carbonyl (C=O) groups is 1. The van der Waals surface area contributed by atoms with Crippen LogP contribution in [-0.4, -0.2) is 33.9 Å². The van der Waals surface area contributed by atoms with Gasteiger partial charge in [-0.1, -0.05) is 6.92 Å². The first kappa shape index (κ1) is 14.2. The molecular formula is C13H18O5. The van der Waals surface area contributed by atoms with Gasteiger partial charge in [-0.2, -0.15) is 0 Å². The lowest BCUT2D eigenvalue weighted by Crippen LogP contribution is -2.09. The maximum atomic E-state index is 11.9. The monoisotopic (exact) mass is 254 g/mol. The van der Waals surface area contributed by atoms with Crippen molar-refractivity contribution in [1.29, 1.82) is 0 Å². The first-order valence-corrected chi connectivity index (χ1v) is 5.65. The van der Waals surface area contributed by atoms with Crippen LogP contribution < -0.4 is 14.2 Å². The molecule has 18 heavy (non-hydrogen) atoms. The molecule has 0 fully saturated rings. The third kappa shape index (κ3) is 2.85. The number of hydrogen-bond donors (Lipinski definition) is 0. The Bertz CT molecular complexity index is 414. The lowest BCUT2D eigenvalue weighted by molar-refractivity contribution is 0.0500. The standard InChI is InChI=1S/C13H18O5/c1-5-8-18-13(14)9-6-7-10(15-2)12(17-4)11(9)16-3/h6-7H,5,8H2,1-4H3. The molecule has 0 saturated carbocycles. The molecule has 100 valence electrons. The van der Waals surface area contributed by atoms with Crippen molar-refractivity contribution in [3.8, 4) is 17.2 Å². The van der Waals surface area contributed by atoms with Crippen molar-refractivity contribution in [3.05, 3.63) is 17.7 Å². The summed E-state index contributed by atoms with van der Waals surface area (Å²) in [6.07, 6.45) is 0.765. The molecule has 0 bridgehead atoms. The minimum absolute atomic E-state index is 0.318. The molecule has 1 rings (SSSR count). The molecule has 0 aromatic heterocycles. The van der Waals surface area contributed by atoms with Crippen molar-refractivity contribution >= 4 is 5.97 Å². The molecule has 0 amide bonds. The summed E-state index contributed by atoms with van der Waals surface area (Å²) in [4.78, 5) is 11.9. The van der Waals surface area contributed by atoms with Crippen LogP contribution in [-0.2, 0) is 4.74 Å². The maximum absolute atomic E-state index is 11.9. The predicted octanol–water partition coefficient (Wildman–Crippen LogP) is 2.28. The SMILES string of the molecule is CCCOC(=O)c1ccc(OC)c(OC)c1OC. The Kier molecular flexibility index (Phi) is 5.30. The molecule has 0 saturated heterocycles. The summed E-state index contributed by atoms with van der Waals surface area (Å²) < 4.78 is 20.6. The van der Waals surface area contributed by atoms with E-state index in [4.69, 9.17) is 18.9 Å². The van der Waals surface area contributed by atoms with Gasteiger partial charge in [-0.15, -0.1) is 0 Å². The molecule has 0 spiro atoms. The number of ether oxygens (including phenoxy) is 4. The number of rotatable bonds is 6. The second kappa shape index (κ2) is 6.74. The molecule has 0 aliphatic carbocycles. The number of methoxy groups -OCH3 is 3. The smallest absolute Gasteiger partial charge is 0.342 e. The van der Waals surface area contributed by atoms with E-state index in [1.807, 2.05) is 6.92 Å². The largest absolute Gasteiger partial charge is 0.493 e. The van der Waals surface area contributed by atoms with Crippen LogP contribution in [0.3, 0.4) is 0 Å². The first-order chi connectivity index (χ1) is 8.69. The molecule has 1 aromatic rings. The molecule has 0 unspecified atom stereocenters. The average molecular weight is 254 g/mol. The van der Waals surface area contributed by atoms with Gasteiger partial charge in [-0.05, 0) is 18.6 Å². The van der Waals surface area contributed by atoms with Crippen LogP contribution in [0, 0.1) is 0 Å². The topological polar surface area (TPSA) is 54.0 Å². The fraction of sp³-hybridized carbons (Fsp3) is 0.462. The second-order valence-electron chi connectivity index (χ2n) is 3.52. The van der Waals surface area contributed by atoms with Crippen LogP contribution in [0.15, 0.2) is 12.1 Å². The minimum Gasteiger partial charge on any atom is -0.493 e. The molecule has 0 heterocycles. The van der Waals surface area contributed by atoms with Crippen molar-refractivity contribution in [3.63, 3.8) is 0 Å². The predicted molar refractivity (Wildman–Crippen MR) is 66.7 cm³/mol. The van der Waals surface area contributed by atoms with E-state index in [0.717, 1.165) is 6.42 Å². The molecule has 0 aliphatic heterocycles. The number of carbonyl (C=O) groups excluding carboxylic acids is 1. The van der Waals surface area contributed by atoms with Gasteiger partial charge in [0.25, 0.3) is 0 Å². The van der Waals surface area contributed by atoms with Crippen LogP contribution in [0.1, 0.15) is 23.7 Å². The third-order valence-corrected chi connectivity index (χ3v) is 2.36. The molecule has 1 aromatic carbocycles. The van der Waals surface area contributed by atoms with Gasteiger partial charge in [0, 0.05) is 0 Å². The summed E-state index contributed by atoms with van der Waals surface area (Å²) >= 11 is 0. The Morgan fingerprint density at radius 2 is 1.72 bits per heavy atom. The fourth-order valence-corrected chi connectivity index (χ4v) is 1.53. The minimum atomic E-state index is -0.436. The van der Waals surface area contributed by atoms with Gasteiger partial charge in [0.2, 0.25) is 5.75 Å². The van der Waals surface area contributed by atoms with Crippen molar-refractivity contribution in [2.24, 2.45) is 0 Å². The highest BCUT2D eigenvalue weighted by Crippen LogP contribution is 2.39. The van der Waals surface area contributed by atoms with Gasteiger partial charge in [0.05, 0.1) is 27.9 Å². The normalized spacial score (nSPS) is 9.78. The summed E-state index contributed by atoms with van der Waals surface area (Å²) in [5, 5.41) is 0. The Morgan fingerprint density at radius 1 is 1.06 bits per heavy atom. The lowest BCUT2D eigenvalue weighted by Gasteiger charge is -2.14. The summed E-state index contributed by atoms with van der Waals surface area (Å²) in [6, 6.07) is 3.24. The van der Waals surface area contributed by atoms with E-state index in [9.17, 15) is 4.79 Å². The summed E-state index contributed by atoms with van der Waals surface area (Å²) in [5.41, 5.74) is 0.323. The van der Waals surface area contributed by atoms with Crippen LogP contribution >= 0.6 is 0 Å². The zero-order valence-corrected chi connectivity index (χ0v) is 11.1. The highest BCUT2D eigenvalue weighted by atomic mass is 16.5. The van der Waals surface area contributed by atoms with Crippen LogP contribution in [0.5, 0.6) is 17.2 Å². The molecule has 0 radical (unpaired) electrons. The van der Waals surface area contributed by atoms with Crippen molar-refractivity contribution < 1.29 is 23.7 Å². The Balaban J connectivity index is 3.16. The number of benzene rings is 1. The van der Waals surface area contributed by atoms with Crippen molar-refractivity contribution in [2.45, 2.75) is 13.3 Å². The van der Waals surface area contributed by atoms with E-state index in [1.54, 1.807) is 12.1 Å². The third-order valence-electron chi connectivity index (χ3n) is 2.36. The number of hydrogen-bond acceptors (Lipinski definition) is 5. The van der Waals surface area contributed by atoms with Gasteiger partial charge in [0.1, 0.15) is 5.56 Å². The van der Waals surface area contributed by atoms with Crippen LogP contribution in [0.2, 0.25) is 0 Å². The molecular weight excluding hydrogens is 236 g/mol. The van der Waals surface area contributed by atoms with E-state index in [2.05, 4.69) is 0 Å². The molecule has 5 nitrogen and oxygen atoms in total. The Hall–Kier alpha value is -1.91. The highest BCUT2D eigenvalue weighted by molar-refractivity contribution is 5.94. The van der Waals surface area contributed by atoms with Gasteiger partial charge >= 0.3 is 5.97 Å². The van der Waals surface area contributed by atoms with E-state index >= 15 is 0 Å². The average Bonchev–Trinajstić information content (AvgIpc) is 2.42. The zero-order valence-electron chi connectivity index (χ0n) is 11.1.